The fraction of sp³-hybridized carbons (Fsp3) is 0.238. The Morgan fingerprint density at radius 3 is 1.70 bits per heavy atom. The van der Waals surface area contributed by atoms with E-state index in [0.29, 0.717) is 19.8 Å². The molecule has 1 aliphatic carbocycles. The van der Waals surface area contributed by atoms with Gasteiger partial charge in [0.2, 0.25) is 0 Å². The Labute approximate surface area is 274 Å². The van der Waals surface area contributed by atoms with Gasteiger partial charge in [0.05, 0.1) is 32.1 Å². The minimum Gasteiger partial charge on any atom is -0.372 e. The van der Waals surface area contributed by atoms with Crippen LogP contribution in [0.2, 0.25) is 0 Å². The van der Waals surface area contributed by atoms with Crippen molar-refractivity contribution in [1.82, 2.24) is 0 Å². The van der Waals surface area contributed by atoms with Gasteiger partial charge >= 0.3 is 0 Å². The molecule has 0 saturated carbocycles. The Morgan fingerprint density at radius 2 is 1.15 bits per heavy atom. The molecule has 2 aliphatic rings. The fourth-order valence-corrected chi connectivity index (χ4v) is 11.7. The van der Waals surface area contributed by atoms with Crippen molar-refractivity contribution in [3.63, 3.8) is 0 Å². The number of allylic oxidation sites excluding steroid dienone is 1. The number of ether oxygens (including phenoxy) is 3. The van der Waals surface area contributed by atoms with Gasteiger partial charge in [-0.2, -0.15) is 0 Å². The monoisotopic (exact) mass is 625 g/mol. The zero-order valence-corrected chi connectivity index (χ0v) is 27.4. The maximum atomic E-state index is 6.80. The molecule has 232 valence electrons. The van der Waals surface area contributed by atoms with Gasteiger partial charge in [0, 0.05) is 11.0 Å². The first kappa shape index (κ1) is 30.8. The molecule has 0 unspecified atom stereocenters. The lowest BCUT2D eigenvalue weighted by Gasteiger charge is -2.49. The number of hydrogen-bond donors (Lipinski definition) is 0. The van der Waals surface area contributed by atoms with Crippen molar-refractivity contribution >= 4 is 23.2 Å². The smallest absolute Gasteiger partial charge is 0.184 e. The molecule has 5 aromatic rings. The van der Waals surface area contributed by atoms with Gasteiger partial charge in [0.25, 0.3) is 0 Å². The van der Waals surface area contributed by atoms with Crippen LogP contribution >= 0.6 is 7.26 Å². The minimum atomic E-state index is -2.08. The molecule has 3 nitrogen and oxygen atoms in total. The van der Waals surface area contributed by atoms with Crippen molar-refractivity contribution < 1.29 is 14.2 Å². The summed E-state index contributed by atoms with van der Waals surface area (Å²) in [7, 11) is -2.08. The van der Waals surface area contributed by atoms with E-state index in [1.54, 1.807) is 0 Å². The van der Waals surface area contributed by atoms with E-state index in [9.17, 15) is 0 Å². The molecule has 0 aromatic heterocycles. The molecule has 1 heterocycles. The van der Waals surface area contributed by atoms with Gasteiger partial charge in [-0.15, -0.1) is 0 Å². The Hall–Kier alpha value is -3.85. The third kappa shape index (κ3) is 6.14. The van der Waals surface area contributed by atoms with Gasteiger partial charge < -0.3 is 14.2 Å². The van der Waals surface area contributed by atoms with Gasteiger partial charge in [0.15, 0.2) is 6.29 Å². The lowest BCUT2D eigenvalue weighted by molar-refractivity contribution is -0.264. The highest BCUT2D eigenvalue weighted by molar-refractivity contribution is 7.95. The molecule has 0 amide bonds. The lowest BCUT2D eigenvalue weighted by Crippen LogP contribution is -2.50. The molecule has 0 radical (unpaired) electrons. The van der Waals surface area contributed by atoms with Crippen LogP contribution in [-0.2, 0) is 20.8 Å². The van der Waals surface area contributed by atoms with E-state index in [-0.39, 0.29) is 17.8 Å². The SMILES string of the molecule is C[C@@]12CO[C@@H](c3ccccc3)O[C@H]1CCC(C[P+](c1ccccc1)(c1ccccc1)c1ccccc1)=C2COCc1ccccc1. The summed E-state index contributed by atoms with van der Waals surface area (Å²) >= 11 is 0. The molecule has 4 heteroatoms. The van der Waals surface area contributed by atoms with Crippen LogP contribution in [0.3, 0.4) is 0 Å². The van der Waals surface area contributed by atoms with Crippen molar-refractivity contribution in [3.8, 4) is 0 Å². The molecule has 1 saturated heterocycles. The Bertz CT molecular complexity index is 1630. The zero-order valence-electron chi connectivity index (χ0n) is 26.5. The molecule has 1 aliphatic heterocycles. The third-order valence-electron chi connectivity index (χ3n) is 9.81. The summed E-state index contributed by atoms with van der Waals surface area (Å²) in [5.41, 5.74) is 4.79. The van der Waals surface area contributed by atoms with Gasteiger partial charge in [-0.1, -0.05) is 122 Å². The van der Waals surface area contributed by atoms with Gasteiger partial charge in [-0.05, 0) is 65.9 Å². The highest BCUT2D eigenvalue weighted by atomic mass is 31.2. The highest BCUT2D eigenvalue weighted by Crippen LogP contribution is 2.59. The normalized spacial score (nSPS) is 21.5. The van der Waals surface area contributed by atoms with Crippen LogP contribution in [0.15, 0.2) is 163 Å². The largest absolute Gasteiger partial charge is 0.372 e. The number of benzene rings is 5. The van der Waals surface area contributed by atoms with Gasteiger partial charge in [0.1, 0.15) is 23.2 Å². The summed E-state index contributed by atoms with van der Waals surface area (Å²) in [6.07, 6.45) is 2.58. The van der Waals surface area contributed by atoms with Crippen LogP contribution < -0.4 is 15.9 Å². The van der Waals surface area contributed by atoms with Crippen LogP contribution in [0.1, 0.15) is 37.2 Å². The fourth-order valence-electron chi connectivity index (χ4n) is 7.33. The second kappa shape index (κ2) is 13.9. The zero-order chi connectivity index (χ0) is 31.2. The molecule has 1 fully saturated rings. The second-order valence-electron chi connectivity index (χ2n) is 12.7. The first-order chi connectivity index (χ1) is 22.7. The van der Waals surface area contributed by atoms with Crippen molar-refractivity contribution in [1.29, 1.82) is 0 Å². The number of rotatable bonds is 10. The Balaban J connectivity index is 1.33. The Morgan fingerprint density at radius 1 is 0.652 bits per heavy atom. The van der Waals surface area contributed by atoms with E-state index in [1.807, 2.05) is 6.07 Å². The predicted octanol–water partition coefficient (Wildman–Crippen LogP) is 8.41. The van der Waals surface area contributed by atoms with Crippen LogP contribution in [-0.4, -0.2) is 25.5 Å². The average molecular weight is 626 g/mol. The topological polar surface area (TPSA) is 27.7 Å². The first-order valence-electron chi connectivity index (χ1n) is 16.4. The van der Waals surface area contributed by atoms with Crippen LogP contribution in [0.4, 0.5) is 0 Å². The number of hydrogen-bond acceptors (Lipinski definition) is 3. The van der Waals surface area contributed by atoms with E-state index >= 15 is 0 Å². The van der Waals surface area contributed by atoms with Crippen LogP contribution in [0.25, 0.3) is 0 Å². The molecule has 0 bridgehead atoms. The van der Waals surface area contributed by atoms with E-state index in [1.165, 1.54) is 32.6 Å². The van der Waals surface area contributed by atoms with E-state index < -0.39 is 7.26 Å². The third-order valence-corrected chi connectivity index (χ3v) is 14.2. The summed E-state index contributed by atoms with van der Waals surface area (Å²) < 4.78 is 20.0. The summed E-state index contributed by atoms with van der Waals surface area (Å²) in [6.45, 7) is 4.06. The molecule has 7 rings (SSSR count). The predicted molar refractivity (Wildman–Crippen MR) is 190 cm³/mol. The molecule has 5 aromatic carbocycles. The summed E-state index contributed by atoms with van der Waals surface area (Å²) in [6, 6.07) is 54.4. The molecular weight excluding hydrogens is 583 g/mol. The quantitative estimate of drug-likeness (QED) is 0.115. The maximum absolute atomic E-state index is 6.80. The van der Waals surface area contributed by atoms with Crippen molar-refractivity contribution in [2.24, 2.45) is 5.41 Å². The highest BCUT2D eigenvalue weighted by Gasteiger charge is 2.52. The molecule has 46 heavy (non-hydrogen) atoms. The van der Waals surface area contributed by atoms with E-state index in [0.717, 1.165) is 24.6 Å². The van der Waals surface area contributed by atoms with Crippen molar-refractivity contribution in [2.45, 2.75) is 38.8 Å². The van der Waals surface area contributed by atoms with Gasteiger partial charge in [-0.3, -0.25) is 0 Å². The van der Waals surface area contributed by atoms with Crippen molar-refractivity contribution in [3.05, 3.63) is 174 Å². The average Bonchev–Trinajstić information content (AvgIpc) is 3.13. The van der Waals surface area contributed by atoms with E-state index in [2.05, 4.69) is 153 Å². The van der Waals surface area contributed by atoms with Gasteiger partial charge in [-0.25, -0.2) is 0 Å². The first-order valence-corrected chi connectivity index (χ1v) is 18.3. The second-order valence-corrected chi connectivity index (χ2v) is 16.2. The van der Waals surface area contributed by atoms with Crippen molar-refractivity contribution in [2.75, 3.05) is 19.4 Å². The summed E-state index contributed by atoms with van der Waals surface area (Å²) in [4.78, 5) is 0. The van der Waals surface area contributed by atoms with Crippen LogP contribution in [0, 0.1) is 5.41 Å². The van der Waals surface area contributed by atoms with Crippen LogP contribution in [0.5, 0.6) is 0 Å². The molecule has 0 spiro atoms. The Kier molecular flexibility index (Phi) is 9.28. The maximum Gasteiger partial charge on any atom is 0.184 e. The standard InChI is InChI=1S/C42H42O3P/c1-42-32-44-41(34-19-9-3-10-20-34)45-40(42)28-27-35(39(42)30-43-29-33-17-7-2-8-18-33)31-46(36-21-11-4-12-22-36,37-23-13-5-14-24-37)38-25-15-6-16-26-38/h2-26,40-41H,27-32H2,1H3/q+1/t40-,41+,42-/m0/s1. The minimum absolute atomic E-state index is 0.0449. The lowest BCUT2D eigenvalue weighted by atomic mass is 9.69. The molecule has 3 atom stereocenters. The molecule has 0 N–H and O–H groups in total. The summed E-state index contributed by atoms with van der Waals surface area (Å²) in [5.74, 6) is 0. The number of fused-ring (bicyclic) bond motifs is 1. The molecular formula is C42H42O3P+. The van der Waals surface area contributed by atoms with E-state index in [4.69, 9.17) is 14.2 Å². The summed E-state index contributed by atoms with van der Waals surface area (Å²) in [5, 5.41) is 4.20.